The maximum atomic E-state index is 5.81. The molecule has 94 valence electrons. The minimum atomic E-state index is 0.494. The summed E-state index contributed by atoms with van der Waals surface area (Å²) in [6, 6.07) is 6.23. The first kappa shape index (κ1) is 13.0. The minimum Gasteiger partial charge on any atom is -0.399 e. The van der Waals surface area contributed by atoms with Crippen molar-refractivity contribution in [3.05, 3.63) is 21.8 Å². The third-order valence-electron chi connectivity index (χ3n) is 3.65. The smallest absolute Gasteiger partial charge is 0.0503 e. The van der Waals surface area contributed by atoms with Gasteiger partial charge in [-0.15, -0.1) is 0 Å². The molecule has 2 rings (SSSR count). The Labute approximate surface area is 118 Å². The number of benzene rings is 1. The summed E-state index contributed by atoms with van der Waals surface area (Å²) in [6.07, 6.45) is 3.88. The van der Waals surface area contributed by atoms with Crippen molar-refractivity contribution in [2.75, 3.05) is 23.7 Å². The SMILES string of the molecule is CC1(C)CCCN(c2ccc(N)cc2I)CC1. The molecule has 0 radical (unpaired) electrons. The van der Waals surface area contributed by atoms with Crippen molar-refractivity contribution in [3.63, 3.8) is 0 Å². The number of hydrogen-bond acceptors (Lipinski definition) is 2. The van der Waals surface area contributed by atoms with Gasteiger partial charge in [0.1, 0.15) is 0 Å². The minimum absolute atomic E-state index is 0.494. The van der Waals surface area contributed by atoms with Crippen molar-refractivity contribution in [1.29, 1.82) is 0 Å². The lowest BCUT2D eigenvalue weighted by Gasteiger charge is -2.26. The lowest BCUT2D eigenvalue weighted by molar-refractivity contribution is 0.325. The average Bonchev–Trinajstić information content (AvgIpc) is 2.40. The van der Waals surface area contributed by atoms with Gasteiger partial charge in [0.05, 0.1) is 5.69 Å². The second kappa shape index (κ2) is 5.04. The van der Waals surface area contributed by atoms with Gasteiger partial charge in [-0.3, -0.25) is 0 Å². The van der Waals surface area contributed by atoms with E-state index in [4.69, 9.17) is 5.73 Å². The lowest BCUT2D eigenvalue weighted by Crippen LogP contribution is -2.25. The second-order valence-corrected chi connectivity index (χ2v) is 6.88. The summed E-state index contributed by atoms with van der Waals surface area (Å²) in [6.45, 7) is 7.09. The zero-order valence-corrected chi connectivity index (χ0v) is 12.8. The molecule has 0 aliphatic carbocycles. The summed E-state index contributed by atoms with van der Waals surface area (Å²) in [7, 11) is 0. The summed E-state index contributed by atoms with van der Waals surface area (Å²) in [5.41, 5.74) is 8.50. The van der Waals surface area contributed by atoms with Crippen LogP contribution in [0.1, 0.15) is 33.1 Å². The van der Waals surface area contributed by atoms with Gasteiger partial charge in [-0.1, -0.05) is 13.8 Å². The van der Waals surface area contributed by atoms with Crippen LogP contribution in [0.5, 0.6) is 0 Å². The molecule has 0 atom stereocenters. The van der Waals surface area contributed by atoms with Crippen molar-refractivity contribution in [3.8, 4) is 0 Å². The maximum Gasteiger partial charge on any atom is 0.0503 e. The molecule has 0 amide bonds. The first-order valence-corrected chi connectivity index (χ1v) is 7.36. The maximum absolute atomic E-state index is 5.81. The first-order chi connectivity index (χ1) is 7.98. The van der Waals surface area contributed by atoms with Gasteiger partial charge in [-0.2, -0.15) is 0 Å². The van der Waals surface area contributed by atoms with Crippen molar-refractivity contribution in [2.24, 2.45) is 5.41 Å². The predicted molar refractivity (Wildman–Crippen MR) is 83.4 cm³/mol. The predicted octanol–water partition coefficient (Wildman–Crippen LogP) is 3.89. The van der Waals surface area contributed by atoms with Crippen molar-refractivity contribution in [1.82, 2.24) is 0 Å². The Morgan fingerprint density at radius 3 is 2.71 bits per heavy atom. The molecule has 1 heterocycles. The van der Waals surface area contributed by atoms with E-state index >= 15 is 0 Å². The van der Waals surface area contributed by atoms with Crippen LogP contribution in [0.4, 0.5) is 11.4 Å². The van der Waals surface area contributed by atoms with E-state index in [1.807, 2.05) is 6.07 Å². The molecule has 0 bridgehead atoms. The number of halogens is 1. The van der Waals surface area contributed by atoms with Crippen LogP contribution in [0.25, 0.3) is 0 Å². The van der Waals surface area contributed by atoms with E-state index in [9.17, 15) is 0 Å². The van der Waals surface area contributed by atoms with Gasteiger partial charge in [0.2, 0.25) is 0 Å². The van der Waals surface area contributed by atoms with Crippen molar-refractivity contribution >= 4 is 34.0 Å². The van der Waals surface area contributed by atoms with Crippen molar-refractivity contribution < 1.29 is 0 Å². The topological polar surface area (TPSA) is 29.3 Å². The molecule has 1 fully saturated rings. The van der Waals surface area contributed by atoms with Crippen LogP contribution < -0.4 is 10.6 Å². The summed E-state index contributed by atoms with van der Waals surface area (Å²) in [4.78, 5) is 2.51. The van der Waals surface area contributed by atoms with E-state index in [1.165, 1.54) is 35.1 Å². The van der Waals surface area contributed by atoms with Crippen LogP contribution in [-0.2, 0) is 0 Å². The Morgan fingerprint density at radius 1 is 1.24 bits per heavy atom. The van der Waals surface area contributed by atoms with E-state index in [2.05, 4.69) is 53.5 Å². The molecular weight excluding hydrogens is 323 g/mol. The Balaban J connectivity index is 2.17. The first-order valence-electron chi connectivity index (χ1n) is 6.28. The van der Waals surface area contributed by atoms with Gasteiger partial charge in [-0.05, 0) is 65.5 Å². The Hall–Kier alpha value is -0.450. The fourth-order valence-electron chi connectivity index (χ4n) is 2.44. The molecule has 0 saturated carbocycles. The number of nitrogens with two attached hydrogens (primary N) is 1. The quantitative estimate of drug-likeness (QED) is 0.619. The van der Waals surface area contributed by atoms with Gasteiger partial charge in [0, 0.05) is 22.3 Å². The monoisotopic (exact) mass is 344 g/mol. The normalized spacial score (nSPS) is 20.1. The number of rotatable bonds is 1. The number of hydrogen-bond donors (Lipinski definition) is 1. The number of nitrogen functional groups attached to an aromatic ring is 1. The third kappa shape index (κ3) is 3.27. The molecule has 1 aliphatic heterocycles. The van der Waals surface area contributed by atoms with Gasteiger partial charge in [0.25, 0.3) is 0 Å². The molecule has 1 aliphatic rings. The van der Waals surface area contributed by atoms with Crippen LogP contribution in [0.15, 0.2) is 18.2 Å². The van der Waals surface area contributed by atoms with Crippen LogP contribution in [0.2, 0.25) is 0 Å². The Kier molecular flexibility index (Phi) is 3.85. The molecular formula is C14H21IN2. The van der Waals surface area contributed by atoms with Gasteiger partial charge in [0.15, 0.2) is 0 Å². The highest BCUT2D eigenvalue weighted by Crippen LogP contribution is 2.33. The zero-order chi connectivity index (χ0) is 12.5. The average molecular weight is 344 g/mol. The number of nitrogens with zero attached hydrogens (tertiary/aromatic N) is 1. The fraction of sp³-hybridized carbons (Fsp3) is 0.571. The fourth-order valence-corrected chi connectivity index (χ4v) is 3.32. The van der Waals surface area contributed by atoms with Crippen LogP contribution in [-0.4, -0.2) is 13.1 Å². The van der Waals surface area contributed by atoms with E-state index in [1.54, 1.807) is 0 Å². The van der Waals surface area contributed by atoms with Crippen LogP contribution >= 0.6 is 22.6 Å². The highest BCUT2D eigenvalue weighted by Gasteiger charge is 2.23. The second-order valence-electron chi connectivity index (χ2n) is 5.72. The Bertz CT molecular complexity index is 401. The molecule has 17 heavy (non-hydrogen) atoms. The summed E-state index contributed by atoms with van der Waals surface area (Å²) < 4.78 is 1.27. The lowest BCUT2D eigenvalue weighted by atomic mass is 9.85. The van der Waals surface area contributed by atoms with Gasteiger partial charge < -0.3 is 10.6 Å². The molecule has 2 nitrogen and oxygen atoms in total. The molecule has 3 heteroatoms. The van der Waals surface area contributed by atoms with Gasteiger partial charge >= 0.3 is 0 Å². The zero-order valence-electron chi connectivity index (χ0n) is 10.7. The standard InChI is InChI=1S/C14H21IN2/c1-14(2)6-3-8-17(9-7-14)13-5-4-11(16)10-12(13)15/h4-5,10H,3,6-9,16H2,1-2H3. The largest absolute Gasteiger partial charge is 0.399 e. The van der Waals surface area contributed by atoms with Crippen molar-refractivity contribution in [2.45, 2.75) is 33.1 Å². The highest BCUT2D eigenvalue weighted by atomic mass is 127. The molecule has 0 aromatic heterocycles. The molecule has 1 saturated heterocycles. The van der Waals surface area contributed by atoms with Crippen LogP contribution in [0.3, 0.4) is 0 Å². The van der Waals surface area contributed by atoms with Crippen LogP contribution in [0, 0.1) is 8.99 Å². The van der Waals surface area contributed by atoms with E-state index in [-0.39, 0.29) is 0 Å². The van der Waals surface area contributed by atoms with E-state index in [0.717, 1.165) is 12.2 Å². The summed E-state index contributed by atoms with van der Waals surface area (Å²) in [5.74, 6) is 0. The molecule has 1 aromatic carbocycles. The van der Waals surface area contributed by atoms with E-state index in [0.29, 0.717) is 5.41 Å². The number of anilines is 2. The summed E-state index contributed by atoms with van der Waals surface area (Å²) >= 11 is 2.39. The molecule has 1 aromatic rings. The third-order valence-corrected chi connectivity index (χ3v) is 4.52. The highest BCUT2D eigenvalue weighted by molar-refractivity contribution is 14.1. The molecule has 0 unspecified atom stereocenters. The molecule has 2 N–H and O–H groups in total. The molecule has 0 spiro atoms. The van der Waals surface area contributed by atoms with Gasteiger partial charge in [-0.25, -0.2) is 0 Å². The summed E-state index contributed by atoms with van der Waals surface area (Å²) in [5, 5.41) is 0. The van der Waals surface area contributed by atoms with E-state index < -0.39 is 0 Å². The Morgan fingerprint density at radius 2 is 2.00 bits per heavy atom.